The van der Waals surface area contributed by atoms with Gasteiger partial charge in [0, 0.05) is 23.2 Å². The Morgan fingerprint density at radius 3 is 2.39 bits per heavy atom. The van der Waals surface area contributed by atoms with E-state index in [1.165, 1.54) is 12.1 Å². The molecule has 0 saturated heterocycles. The smallest absolute Gasteiger partial charge is 0.282 e. The molecule has 1 aromatic heterocycles. The predicted molar refractivity (Wildman–Crippen MR) is 56.6 cm³/mol. The van der Waals surface area contributed by atoms with Crippen LogP contribution >= 0.6 is 0 Å². The maximum absolute atomic E-state index is 12.8. The van der Waals surface area contributed by atoms with Crippen molar-refractivity contribution >= 4 is 20.9 Å². The number of aromatic nitrogens is 1. The van der Waals surface area contributed by atoms with E-state index in [0.29, 0.717) is 6.20 Å². The van der Waals surface area contributed by atoms with Crippen molar-refractivity contribution in [3.8, 4) is 0 Å². The third-order valence-corrected chi connectivity index (χ3v) is 3.22. The van der Waals surface area contributed by atoms with Crippen LogP contribution < -0.4 is 0 Å². The maximum Gasteiger partial charge on any atom is 0.418 e. The van der Waals surface area contributed by atoms with Crippen molar-refractivity contribution in [1.82, 2.24) is 4.98 Å². The van der Waals surface area contributed by atoms with Crippen LogP contribution in [0.4, 0.5) is 13.2 Å². The van der Waals surface area contributed by atoms with Crippen LogP contribution in [-0.4, -0.2) is 18.0 Å². The molecule has 18 heavy (non-hydrogen) atoms. The van der Waals surface area contributed by atoms with Crippen LogP contribution in [0.5, 0.6) is 0 Å². The highest BCUT2D eigenvalue weighted by atomic mass is 32.2. The molecule has 0 atom stereocenters. The fraction of sp³-hybridized carbons (Fsp3) is 0.100. The summed E-state index contributed by atoms with van der Waals surface area (Å²) in [6.07, 6.45) is -3.14. The first-order valence-corrected chi connectivity index (χ1v) is 6.06. The van der Waals surface area contributed by atoms with Gasteiger partial charge in [-0.3, -0.25) is 9.54 Å². The van der Waals surface area contributed by atoms with Crippen LogP contribution in [0.15, 0.2) is 35.5 Å². The number of nitrogens with zero attached hydrogens (tertiary/aromatic N) is 1. The molecule has 0 saturated carbocycles. The van der Waals surface area contributed by atoms with Gasteiger partial charge in [0.25, 0.3) is 10.1 Å². The quantitative estimate of drug-likeness (QED) is 0.813. The highest BCUT2D eigenvalue weighted by Gasteiger charge is 2.35. The summed E-state index contributed by atoms with van der Waals surface area (Å²) in [7, 11) is -4.74. The van der Waals surface area contributed by atoms with Crippen LogP contribution in [-0.2, 0) is 16.3 Å². The lowest BCUT2D eigenvalue weighted by Gasteiger charge is -2.11. The van der Waals surface area contributed by atoms with Gasteiger partial charge in [-0.25, -0.2) is 0 Å². The molecule has 1 aromatic carbocycles. The van der Waals surface area contributed by atoms with Crippen molar-refractivity contribution in [1.29, 1.82) is 0 Å². The normalized spacial score (nSPS) is 12.9. The van der Waals surface area contributed by atoms with Crippen LogP contribution in [0.3, 0.4) is 0 Å². The van der Waals surface area contributed by atoms with Crippen molar-refractivity contribution in [3.63, 3.8) is 0 Å². The molecule has 1 heterocycles. The minimum Gasteiger partial charge on any atom is -0.282 e. The molecule has 0 aliphatic carbocycles. The van der Waals surface area contributed by atoms with Gasteiger partial charge in [0.1, 0.15) is 4.90 Å². The van der Waals surface area contributed by atoms with E-state index in [2.05, 4.69) is 4.98 Å². The molecule has 0 spiro atoms. The van der Waals surface area contributed by atoms with E-state index in [4.69, 9.17) is 4.55 Å². The Morgan fingerprint density at radius 1 is 1.17 bits per heavy atom. The van der Waals surface area contributed by atoms with Crippen molar-refractivity contribution < 1.29 is 26.1 Å². The summed E-state index contributed by atoms with van der Waals surface area (Å²) < 4.78 is 69.5. The molecule has 0 radical (unpaired) electrons. The number of alkyl halides is 3. The zero-order valence-corrected chi connectivity index (χ0v) is 9.46. The average molecular weight is 277 g/mol. The molecule has 0 bridgehead atoms. The SMILES string of the molecule is O=S(=O)(O)c1cccc2cncc(C(F)(F)F)c12. The zero-order valence-electron chi connectivity index (χ0n) is 8.64. The van der Waals surface area contributed by atoms with Gasteiger partial charge in [-0.15, -0.1) is 0 Å². The Hall–Kier alpha value is -1.67. The molecule has 0 fully saturated rings. The number of hydrogen-bond donors (Lipinski definition) is 1. The largest absolute Gasteiger partial charge is 0.418 e. The van der Waals surface area contributed by atoms with E-state index in [1.807, 2.05) is 0 Å². The topological polar surface area (TPSA) is 67.3 Å². The van der Waals surface area contributed by atoms with Gasteiger partial charge in [0.15, 0.2) is 0 Å². The molecule has 1 N–H and O–H groups in total. The van der Waals surface area contributed by atoms with E-state index in [9.17, 15) is 21.6 Å². The van der Waals surface area contributed by atoms with E-state index < -0.39 is 32.1 Å². The van der Waals surface area contributed by atoms with E-state index in [0.717, 1.165) is 12.3 Å². The molecule has 96 valence electrons. The molecular formula is C10H6F3NO3S. The molecule has 2 aromatic rings. The Morgan fingerprint density at radius 2 is 1.83 bits per heavy atom. The third-order valence-electron chi connectivity index (χ3n) is 2.33. The first kappa shape index (κ1) is 12.8. The number of rotatable bonds is 1. The Kier molecular flexibility index (Phi) is 2.78. The number of halogens is 3. The summed E-state index contributed by atoms with van der Waals surface area (Å²) >= 11 is 0. The lowest BCUT2D eigenvalue weighted by atomic mass is 10.1. The molecule has 0 aliphatic rings. The zero-order chi connectivity index (χ0) is 13.6. The fourth-order valence-corrected chi connectivity index (χ4v) is 2.37. The van der Waals surface area contributed by atoms with Crippen molar-refractivity contribution in [2.24, 2.45) is 0 Å². The minimum atomic E-state index is -4.76. The standard InChI is InChI=1S/C10H6F3NO3S/c11-10(12,13)7-5-14-4-6-2-1-3-8(9(6)7)18(15,16)17/h1-5H,(H,15,16,17). The first-order valence-electron chi connectivity index (χ1n) is 4.62. The second kappa shape index (κ2) is 3.92. The van der Waals surface area contributed by atoms with Crippen LogP contribution in [0.1, 0.15) is 5.56 Å². The minimum absolute atomic E-state index is 0.0139. The summed E-state index contributed by atoms with van der Waals surface area (Å²) in [6.45, 7) is 0. The molecule has 0 amide bonds. The van der Waals surface area contributed by atoms with E-state index >= 15 is 0 Å². The van der Waals surface area contributed by atoms with Gasteiger partial charge in [-0.1, -0.05) is 12.1 Å². The molecule has 4 nitrogen and oxygen atoms in total. The summed E-state index contributed by atoms with van der Waals surface area (Å²) in [4.78, 5) is 2.62. The Balaban J connectivity index is 2.99. The molecule has 0 unspecified atom stereocenters. The predicted octanol–water partition coefficient (Wildman–Crippen LogP) is 2.50. The van der Waals surface area contributed by atoms with Crippen molar-refractivity contribution in [2.45, 2.75) is 11.1 Å². The monoisotopic (exact) mass is 277 g/mol. The number of fused-ring (bicyclic) bond motifs is 1. The maximum atomic E-state index is 12.8. The summed E-state index contributed by atoms with van der Waals surface area (Å²) in [5.74, 6) is 0. The fourth-order valence-electron chi connectivity index (χ4n) is 1.63. The van der Waals surface area contributed by atoms with Gasteiger partial charge in [-0.05, 0) is 6.07 Å². The summed E-state index contributed by atoms with van der Waals surface area (Å²) in [5, 5.41) is -0.595. The Labute approximate surface area is 99.8 Å². The summed E-state index contributed by atoms with van der Waals surface area (Å²) in [5.41, 5.74) is -1.20. The van der Waals surface area contributed by atoms with E-state index in [-0.39, 0.29) is 5.39 Å². The highest BCUT2D eigenvalue weighted by molar-refractivity contribution is 7.86. The lowest BCUT2D eigenvalue weighted by molar-refractivity contribution is -0.136. The molecule has 2 rings (SSSR count). The molecule has 0 aliphatic heterocycles. The average Bonchev–Trinajstić information content (AvgIpc) is 2.24. The van der Waals surface area contributed by atoms with Crippen LogP contribution in [0, 0.1) is 0 Å². The van der Waals surface area contributed by atoms with Crippen LogP contribution in [0.25, 0.3) is 10.8 Å². The van der Waals surface area contributed by atoms with Crippen molar-refractivity contribution in [2.75, 3.05) is 0 Å². The van der Waals surface area contributed by atoms with E-state index in [1.54, 1.807) is 0 Å². The highest BCUT2D eigenvalue weighted by Crippen LogP contribution is 2.36. The first-order chi connectivity index (χ1) is 8.21. The van der Waals surface area contributed by atoms with Gasteiger partial charge in [0.05, 0.1) is 5.56 Å². The number of pyridine rings is 1. The molecular weight excluding hydrogens is 271 g/mol. The van der Waals surface area contributed by atoms with Gasteiger partial charge >= 0.3 is 6.18 Å². The van der Waals surface area contributed by atoms with Gasteiger partial charge in [0.2, 0.25) is 0 Å². The second-order valence-electron chi connectivity index (χ2n) is 3.51. The number of benzene rings is 1. The summed E-state index contributed by atoms with van der Waals surface area (Å²) in [6, 6.07) is 3.42. The third kappa shape index (κ3) is 2.16. The Bertz CT molecular complexity index is 705. The van der Waals surface area contributed by atoms with Gasteiger partial charge in [-0.2, -0.15) is 21.6 Å². The second-order valence-corrected chi connectivity index (χ2v) is 4.90. The van der Waals surface area contributed by atoms with Gasteiger partial charge < -0.3 is 0 Å². The lowest BCUT2D eigenvalue weighted by Crippen LogP contribution is -2.09. The van der Waals surface area contributed by atoms with Crippen molar-refractivity contribution in [3.05, 3.63) is 36.2 Å². The number of hydrogen-bond acceptors (Lipinski definition) is 3. The molecule has 8 heteroatoms. The van der Waals surface area contributed by atoms with Crippen LogP contribution in [0.2, 0.25) is 0 Å².